The van der Waals surface area contributed by atoms with E-state index in [1.54, 1.807) is 19.1 Å². The maximum Gasteiger partial charge on any atom is 0.238 e. The van der Waals surface area contributed by atoms with Crippen molar-refractivity contribution in [3.05, 3.63) is 23.8 Å². The number of nitrogen functional groups attached to an aromatic ring is 1. The van der Waals surface area contributed by atoms with Crippen molar-refractivity contribution < 1.29 is 13.2 Å². The summed E-state index contributed by atoms with van der Waals surface area (Å²) in [6, 6.07) is 4.63. The predicted molar refractivity (Wildman–Crippen MR) is 66.3 cm³/mol. The van der Waals surface area contributed by atoms with Crippen LogP contribution in [-0.2, 0) is 14.6 Å². The second-order valence-electron chi connectivity index (χ2n) is 3.83. The van der Waals surface area contributed by atoms with Crippen molar-refractivity contribution in [2.24, 2.45) is 0 Å². The van der Waals surface area contributed by atoms with Gasteiger partial charge < -0.3 is 11.1 Å². The van der Waals surface area contributed by atoms with Gasteiger partial charge in [0.15, 0.2) is 9.84 Å². The molecule has 0 radical (unpaired) electrons. The minimum atomic E-state index is -3.70. The zero-order chi connectivity index (χ0) is 13.2. The highest BCUT2D eigenvalue weighted by Crippen LogP contribution is 2.22. The highest BCUT2D eigenvalue weighted by atomic mass is 32.2. The lowest BCUT2D eigenvalue weighted by Crippen LogP contribution is -2.36. The van der Waals surface area contributed by atoms with Gasteiger partial charge in [0.2, 0.25) is 5.91 Å². The standard InChI is InChI=1S/C11H16N2O3S/c1-7-4-5-9(12)6-10(7)17(15,16)8(2)11(14)13-3/h4-6,8H,12H2,1-3H3,(H,13,14). The molecule has 1 aromatic carbocycles. The van der Waals surface area contributed by atoms with Gasteiger partial charge in [-0.15, -0.1) is 0 Å². The first-order valence-corrected chi connectivity index (χ1v) is 6.67. The van der Waals surface area contributed by atoms with Crippen LogP contribution in [0.4, 0.5) is 5.69 Å². The summed E-state index contributed by atoms with van der Waals surface area (Å²) in [6.07, 6.45) is 0. The minimum absolute atomic E-state index is 0.105. The number of aryl methyl sites for hydroxylation is 1. The van der Waals surface area contributed by atoms with Gasteiger partial charge in [0.25, 0.3) is 0 Å². The summed E-state index contributed by atoms with van der Waals surface area (Å²) >= 11 is 0. The number of carbonyl (C=O) groups is 1. The molecule has 0 aliphatic heterocycles. The Morgan fingerprint density at radius 1 is 1.41 bits per heavy atom. The maximum atomic E-state index is 12.2. The van der Waals surface area contributed by atoms with E-state index in [1.807, 2.05) is 0 Å². The van der Waals surface area contributed by atoms with Crippen molar-refractivity contribution in [3.63, 3.8) is 0 Å². The van der Waals surface area contributed by atoms with Gasteiger partial charge in [-0.3, -0.25) is 4.79 Å². The first-order valence-electron chi connectivity index (χ1n) is 5.12. The number of hydrogen-bond acceptors (Lipinski definition) is 4. The van der Waals surface area contributed by atoms with Crippen LogP contribution in [0.5, 0.6) is 0 Å². The van der Waals surface area contributed by atoms with Gasteiger partial charge >= 0.3 is 0 Å². The molecule has 6 heteroatoms. The van der Waals surface area contributed by atoms with Gasteiger partial charge in [-0.05, 0) is 31.5 Å². The molecule has 1 unspecified atom stereocenters. The van der Waals surface area contributed by atoms with E-state index < -0.39 is 21.0 Å². The number of benzene rings is 1. The number of hydrogen-bond donors (Lipinski definition) is 2. The van der Waals surface area contributed by atoms with Gasteiger partial charge in [-0.1, -0.05) is 6.07 Å². The molecular formula is C11H16N2O3S. The zero-order valence-electron chi connectivity index (χ0n) is 10.0. The largest absolute Gasteiger partial charge is 0.399 e. The van der Waals surface area contributed by atoms with Crippen molar-refractivity contribution in [3.8, 4) is 0 Å². The molecule has 5 nitrogen and oxygen atoms in total. The molecule has 0 fully saturated rings. The van der Waals surface area contributed by atoms with Crippen LogP contribution >= 0.6 is 0 Å². The van der Waals surface area contributed by atoms with Gasteiger partial charge in [-0.25, -0.2) is 8.42 Å². The summed E-state index contributed by atoms with van der Waals surface area (Å²) in [6.45, 7) is 3.03. The lowest BCUT2D eigenvalue weighted by atomic mass is 10.2. The Hall–Kier alpha value is -1.56. The molecule has 0 saturated heterocycles. The fourth-order valence-electron chi connectivity index (χ4n) is 1.46. The third-order valence-corrected chi connectivity index (χ3v) is 4.80. The summed E-state index contributed by atoms with van der Waals surface area (Å²) < 4.78 is 24.4. The van der Waals surface area contributed by atoms with Crippen LogP contribution in [0.15, 0.2) is 23.1 Å². The second-order valence-corrected chi connectivity index (χ2v) is 6.06. The monoisotopic (exact) mass is 256 g/mol. The lowest BCUT2D eigenvalue weighted by molar-refractivity contribution is -0.119. The summed E-state index contributed by atoms with van der Waals surface area (Å²) in [5, 5.41) is 1.19. The van der Waals surface area contributed by atoms with Crippen LogP contribution in [0.25, 0.3) is 0 Å². The molecule has 17 heavy (non-hydrogen) atoms. The fourth-order valence-corrected chi connectivity index (χ4v) is 3.06. The molecule has 3 N–H and O–H groups in total. The molecule has 94 valence electrons. The summed E-state index contributed by atoms with van der Waals surface area (Å²) in [5.41, 5.74) is 6.51. The Kier molecular flexibility index (Phi) is 3.77. The van der Waals surface area contributed by atoms with Crippen molar-refractivity contribution in [2.45, 2.75) is 24.0 Å². The van der Waals surface area contributed by atoms with E-state index in [0.717, 1.165) is 0 Å². The third kappa shape index (κ3) is 2.58. The molecule has 1 amide bonds. The Labute approximate surface area is 101 Å². The molecule has 1 aromatic rings. The number of anilines is 1. The van der Waals surface area contributed by atoms with E-state index in [1.165, 1.54) is 20.0 Å². The smallest absolute Gasteiger partial charge is 0.238 e. The third-order valence-electron chi connectivity index (χ3n) is 2.60. The van der Waals surface area contributed by atoms with Crippen molar-refractivity contribution in [2.75, 3.05) is 12.8 Å². The Bertz CT molecular complexity index is 538. The molecule has 0 bridgehead atoms. The lowest BCUT2D eigenvalue weighted by Gasteiger charge is -2.13. The molecule has 0 spiro atoms. The van der Waals surface area contributed by atoms with E-state index in [4.69, 9.17) is 5.73 Å². The highest BCUT2D eigenvalue weighted by molar-refractivity contribution is 7.92. The quantitative estimate of drug-likeness (QED) is 0.770. The Morgan fingerprint density at radius 3 is 2.53 bits per heavy atom. The van der Waals surface area contributed by atoms with Crippen LogP contribution in [-0.4, -0.2) is 26.6 Å². The highest BCUT2D eigenvalue weighted by Gasteiger charge is 2.30. The number of rotatable bonds is 3. The van der Waals surface area contributed by atoms with Crippen LogP contribution in [0.1, 0.15) is 12.5 Å². The maximum absolute atomic E-state index is 12.2. The summed E-state index contributed by atoms with van der Waals surface area (Å²) in [5.74, 6) is -0.535. The predicted octanol–water partition coefficient (Wildman–Crippen LogP) is 0.485. The summed E-state index contributed by atoms with van der Waals surface area (Å²) in [4.78, 5) is 11.5. The molecule has 1 atom stereocenters. The number of amides is 1. The first kappa shape index (κ1) is 13.5. The second kappa shape index (κ2) is 4.75. The number of nitrogens with one attached hydrogen (secondary N) is 1. The molecule has 0 aliphatic rings. The molecule has 0 heterocycles. The van der Waals surface area contributed by atoms with Crippen molar-refractivity contribution >= 4 is 21.4 Å². The summed E-state index contributed by atoms with van der Waals surface area (Å²) in [7, 11) is -2.29. The van der Waals surface area contributed by atoms with E-state index >= 15 is 0 Å². The van der Waals surface area contributed by atoms with E-state index in [2.05, 4.69) is 5.32 Å². The minimum Gasteiger partial charge on any atom is -0.399 e. The van der Waals surface area contributed by atoms with Crippen LogP contribution in [0, 0.1) is 6.92 Å². The first-order chi connectivity index (χ1) is 7.80. The van der Waals surface area contributed by atoms with E-state index in [-0.39, 0.29) is 4.90 Å². The molecule has 1 rings (SSSR count). The van der Waals surface area contributed by atoms with Crippen molar-refractivity contribution in [1.29, 1.82) is 0 Å². The van der Waals surface area contributed by atoms with Gasteiger partial charge in [0.1, 0.15) is 5.25 Å². The SMILES string of the molecule is CNC(=O)C(C)S(=O)(=O)c1cc(N)ccc1C. The fraction of sp³-hybridized carbons (Fsp3) is 0.364. The van der Waals surface area contributed by atoms with E-state index in [9.17, 15) is 13.2 Å². The van der Waals surface area contributed by atoms with Crippen molar-refractivity contribution in [1.82, 2.24) is 5.32 Å². The Balaban J connectivity index is 3.31. The number of sulfone groups is 1. The molecule has 0 aliphatic carbocycles. The normalized spacial score (nSPS) is 13.1. The van der Waals surface area contributed by atoms with Crippen LogP contribution < -0.4 is 11.1 Å². The number of nitrogens with two attached hydrogens (primary N) is 1. The van der Waals surface area contributed by atoms with Gasteiger partial charge in [0, 0.05) is 12.7 Å². The van der Waals surface area contributed by atoms with Gasteiger partial charge in [-0.2, -0.15) is 0 Å². The molecule has 0 saturated carbocycles. The zero-order valence-corrected chi connectivity index (χ0v) is 10.8. The van der Waals surface area contributed by atoms with Crippen LogP contribution in [0.3, 0.4) is 0 Å². The Morgan fingerprint density at radius 2 is 2.00 bits per heavy atom. The van der Waals surface area contributed by atoms with Crippen LogP contribution in [0.2, 0.25) is 0 Å². The molecular weight excluding hydrogens is 240 g/mol. The van der Waals surface area contributed by atoms with Gasteiger partial charge in [0.05, 0.1) is 4.90 Å². The number of carbonyl (C=O) groups excluding carboxylic acids is 1. The average Bonchev–Trinajstić information content (AvgIpc) is 2.30. The average molecular weight is 256 g/mol. The topological polar surface area (TPSA) is 89.3 Å². The van der Waals surface area contributed by atoms with E-state index in [0.29, 0.717) is 11.3 Å². The molecule has 0 aromatic heterocycles.